The Balaban J connectivity index is 2.15. The van der Waals surface area contributed by atoms with Gasteiger partial charge in [-0.3, -0.25) is 0 Å². The van der Waals surface area contributed by atoms with Gasteiger partial charge < -0.3 is 10.2 Å². The second-order valence-corrected chi connectivity index (χ2v) is 3.96. The zero-order valence-electron chi connectivity index (χ0n) is 7.29. The second kappa shape index (κ2) is 3.19. The molecule has 2 aliphatic rings. The van der Waals surface area contributed by atoms with E-state index < -0.39 is 12.2 Å². The minimum Gasteiger partial charge on any atom is -0.390 e. The van der Waals surface area contributed by atoms with Crippen molar-refractivity contribution in [2.75, 3.05) is 0 Å². The molecule has 0 amide bonds. The lowest BCUT2D eigenvalue weighted by atomic mass is 9.80. The van der Waals surface area contributed by atoms with Gasteiger partial charge in [0.05, 0.1) is 12.2 Å². The van der Waals surface area contributed by atoms with Crippen LogP contribution in [0.1, 0.15) is 38.5 Å². The van der Waals surface area contributed by atoms with E-state index in [2.05, 4.69) is 0 Å². The van der Waals surface area contributed by atoms with E-state index >= 15 is 0 Å². The second-order valence-electron chi connectivity index (χ2n) is 3.96. The maximum absolute atomic E-state index is 9.43. The molecule has 0 bridgehead atoms. The molecule has 0 saturated heterocycles. The Morgan fingerprint density at radius 2 is 1.25 bits per heavy atom. The van der Waals surface area contributed by atoms with E-state index in [9.17, 15) is 10.2 Å². The van der Waals surface area contributed by atoms with Crippen molar-refractivity contribution < 1.29 is 10.2 Å². The van der Waals surface area contributed by atoms with Gasteiger partial charge in [-0.25, -0.2) is 0 Å². The van der Waals surface area contributed by atoms with Crippen LogP contribution in [0.15, 0.2) is 11.1 Å². The Kier molecular flexibility index (Phi) is 2.20. The van der Waals surface area contributed by atoms with Crippen molar-refractivity contribution in [2.45, 2.75) is 50.7 Å². The molecule has 2 N–H and O–H groups in total. The summed E-state index contributed by atoms with van der Waals surface area (Å²) in [5.41, 5.74) is 2.86. The zero-order valence-corrected chi connectivity index (χ0v) is 7.29. The molecular weight excluding hydrogens is 152 g/mol. The van der Waals surface area contributed by atoms with Crippen LogP contribution in [0, 0.1) is 0 Å². The number of aliphatic hydroxyl groups excluding tert-OH is 2. The van der Waals surface area contributed by atoms with Crippen molar-refractivity contribution in [3.05, 3.63) is 11.1 Å². The van der Waals surface area contributed by atoms with E-state index in [4.69, 9.17) is 0 Å². The van der Waals surface area contributed by atoms with Crippen LogP contribution in [-0.2, 0) is 0 Å². The van der Waals surface area contributed by atoms with Gasteiger partial charge >= 0.3 is 0 Å². The van der Waals surface area contributed by atoms with Gasteiger partial charge in [0.25, 0.3) is 0 Å². The molecule has 12 heavy (non-hydrogen) atoms. The third-order valence-electron chi connectivity index (χ3n) is 3.06. The Bertz CT molecular complexity index is 186. The summed E-state index contributed by atoms with van der Waals surface area (Å²) in [6.07, 6.45) is 5.28. The molecule has 2 aliphatic carbocycles. The molecule has 2 rings (SSSR count). The third kappa shape index (κ3) is 1.41. The fourth-order valence-electron chi connectivity index (χ4n) is 2.30. The van der Waals surface area contributed by atoms with Crippen molar-refractivity contribution in [1.29, 1.82) is 0 Å². The van der Waals surface area contributed by atoms with Crippen molar-refractivity contribution in [3.8, 4) is 0 Å². The molecule has 0 heterocycles. The Labute approximate surface area is 72.9 Å². The molecule has 2 heteroatoms. The summed E-state index contributed by atoms with van der Waals surface area (Å²) in [5.74, 6) is 0. The molecule has 0 radical (unpaired) electrons. The highest BCUT2D eigenvalue weighted by Gasteiger charge is 2.27. The van der Waals surface area contributed by atoms with Crippen LogP contribution in [0.3, 0.4) is 0 Å². The SMILES string of the molecule is OC1CC2=C(CCCC2)CC1O. The van der Waals surface area contributed by atoms with Gasteiger partial charge in [-0.15, -0.1) is 0 Å². The molecule has 2 unspecified atom stereocenters. The standard InChI is InChI=1S/C10H16O2/c11-9-5-7-3-1-2-4-8(7)6-10(9)12/h9-12H,1-6H2. The van der Waals surface area contributed by atoms with E-state index in [1.165, 1.54) is 24.0 Å². The number of rotatable bonds is 0. The maximum Gasteiger partial charge on any atom is 0.0839 e. The van der Waals surface area contributed by atoms with E-state index in [-0.39, 0.29) is 0 Å². The minimum atomic E-state index is -0.498. The lowest BCUT2D eigenvalue weighted by Crippen LogP contribution is -2.31. The average Bonchev–Trinajstić information content (AvgIpc) is 2.07. The van der Waals surface area contributed by atoms with Crippen LogP contribution in [0.5, 0.6) is 0 Å². The van der Waals surface area contributed by atoms with Crippen LogP contribution in [-0.4, -0.2) is 22.4 Å². The van der Waals surface area contributed by atoms with Crippen LogP contribution < -0.4 is 0 Å². The average molecular weight is 168 g/mol. The smallest absolute Gasteiger partial charge is 0.0839 e. The predicted octanol–water partition coefficient (Wildman–Crippen LogP) is 1.37. The molecule has 0 aromatic rings. The van der Waals surface area contributed by atoms with Crippen molar-refractivity contribution in [3.63, 3.8) is 0 Å². The summed E-state index contributed by atoms with van der Waals surface area (Å²) >= 11 is 0. The van der Waals surface area contributed by atoms with E-state index in [1.54, 1.807) is 0 Å². The third-order valence-corrected chi connectivity index (χ3v) is 3.06. The monoisotopic (exact) mass is 168 g/mol. The Hall–Kier alpha value is -0.340. The molecule has 0 aromatic heterocycles. The summed E-state index contributed by atoms with van der Waals surface area (Å²) in [4.78, 5) is 0. The fraction of sp³-hybridized carbons (Fsp3) is 0.800. The molecule has 0 aliphatic heterocycles. The fourth-order valence-corrected chi connectivity index (χ4v) is 2.30. The van der Waals surface area contributed by atoms with E-state index in [0.29, 0.717) is 0 Å². The lowest BCUT2D eigenvalue weighted by molar-refractivity contribution is 0.0121. The molecular formula is C10H16O2. The minimum absolute atomic E-state index is 0.498. The first kappa shape index (κ1) is 8.27. The van der Waals surface area contributed by atoms with E-state index in [0.717, 1.165) is 25.7 Å². The number of aliphatic hydroxyl groups is 2. The molecule has 0 saturated carbocycles. The summed E-state index contributed by atoms with van der Waals surface area (Å²) in [6.45, 7) is 0. The van der Waals surface area contributed by atoms with E-state index in [1.807, 2.05) is 0 Å². The van der Waals surface area contributed by atoms with Crippen LogP contribution in [0.25, 0.3) is 0 Å². The molecule has 0 fully saturated rings. The van der Waals surface area contributed by atoms with Gasteiger partial charge in [0.15, 0.2) is 0 Å². The highest BCUT2D eigenvalue weighted by molar-refractivity contribution is 5.22. The van der Waals surface area contributed by atoms with Gasteiger partial charge in [-0.1, -0.05) is 11.1 Å². The van der Waals surface area contributed by atoms with Gasteiger partial charge in [0.2, 0.25) is 0 Å². The molecule has 2 atom stereocenters. The summed E-state index contributed by atoms with van der Waals surface area (Å²) in [7, 11) is 0. The van der Waals surface area contributed by atoms with Crippen LogP contribution >= 0.6 is 0 Å². The largest absolute Gasteiger partial charge is 0.390 e. The molecule has 0 aromatic carbocycles. The molecule has 2 nitrogen and oxygen atoms in total. The lowest BCUT2D eigenvalue weighted by Gasteiger charge is -2.31. The number of hydrogen-bond acceptors (Lipinski definition) is 2. The highest BCUT2D eigenvalue weighted by Crippen LogP contribution is 2.35. The normalized spacial score (nSPS) is 36.5. The van der Waals surface area contributed by atoms with Gasteiger partial charge in [-0.05, 0) is 38.5 Å². The van der Waals surface area contributed by atoms with Crippen LogP contribution in [0.2, 0.25) is 0 Å². The Morgan fingerprint density at radius 1 is 0.833 bits per heavy atom. The Morgan fingerprint density at radius 3 is 1.67 bits per heavy atom. The maximum atomic E-state index is 9.43. The molecule has 68 valence electrons. The van der Waals surface area contributed by atoms with Crippen molar-refractivity contribution in [2.24, 2.45) is 0 Å². The number of hydrogen-bond donors (Lipinski definition) is 2. The quantitative estimate of drug-likeness (QED) is 0.536. The first-order valence-electron chi connectivity index (χ1n) is 4.83. The van der Waals surface area contributed by atoms with Gasteiger partial charge in [-0.2, -0.15) is 0 Å². The van der Waals surface area contributed by atoms with Gasteiger partial charge in [0, 0.05) is 0 Å². The van der Waals surface area contributed by atoms with Crippen molar-refractivity contribution in [1.82, 2.24) is 0 Å². The summed E-state index contributed by atoms with van der Waals surface area (Å²) in [6, 6.07) is 0. The highest BCUT2D eigenvalue weighted by atomic mass is 16.3. The first-order valence-corrected chi connectivity index (χ1v) is 4.83. The van der Waals surface area contributed by atoms with Crippen LogP contribution in [0.4, 0.5) is 0 Å². The molecule has 0 spiro atoms. The predicted molar refractivity (Wildman–Crippen MR) is 46.7 cm³/mol. The summed E-state index contributed by atoms with van der Waals surface area (Å²) < 4.78 is 0. The summed E-state index contributed by atoms with van der Waals surface area (Å²) in [5, 5.41) is 18.9. The topological polar surface area (TPSA) is 40.5 Å². The van der Waals surface area contributed by atoms with Crippen molar-refractivity contribution >= 4 is 0 Å². The zero-order chi connectivity index (χ0) is 8.55. The first-order chi connectivity index (χ1) is 5.77. The van der Waals surface area contributed by atoms with Gasteiger partial charge in [0.1, 0.15) is 0 Å².